The third-order valence-electron chi connectivity index (χ3n) is 6.45. The third-order valence-corrected chi connectivity index (χ3v) is 8.97. The first-order valence-electron chi connectivity index (χ1n) is 12.4. The molecule has 2 N–H and O–H groups in total. The summed E-state index contributed by atoms with van der Waals surface area (Å²) in [4.78, 5) is 26.0. The second-order valence-electron chi connectivity index (χ2n) is 9.25. The fourth-order valence-corrected chi connectivity index (χ4v) is 6.27. The van der Waals surface area contributed by atoms with Gasteiger partial charge >= 0.3 is 0 Å². The number of amides is 1. The SMILES string of the molecule is CCC(C(=O)Nc1cc(O)c(CC(=O)c2ccc(-c3ccccc3)cc2)cc1Cl)S(=O)(=O)c1cccc(C)c1. The highest BCUT2D eigenvalue weighted by Crippen LogP contribution is 2.32. The topological polar surface area (TPSA) is 101 Å². The fraction of sp³-hybridized carbons (Fsp3) is 0.161. The van der Waals surface area contributed by atoms with Crippen molar-refractivity contribution in [1.82, 2.24) is 0 Å². The molecule has 0 bridgehead atoms. The summed E-state index contributed by atoms with van der Waals surface area (Å²) < 4.78 is 26.3. The Labute approximate surface area is 233 Å². The van der Waals surface area contributed by atoms with E-state index in [9.17, 15) is 23.1 Å². The molecule has 4 aromatic carbocycles. The highest BCUT2D eigenvalue weighted by atomic mass is 35.5. The molecule has 4 aromatic rings. The zero-order valence-corrected chi connectivity index (χ0v) is 23.1. The molecule has 200 valence electrons. The van der Waals surface area contributed by atoms with Crippen LogP contribution >= 0.6 is 11.6 Å². The Bertz CT molecular complexity index is 1620. The summed E-state index contributed by atoms with van der Waals surface area (Å²) in [5.41, 5.74) is 3.60. The Kier molecular flexibility index (Phi) is 8.53. The number of sulfone groups is 1. The molecule has 0 aromatic heterocycles. The molecule has 4 rings (SSSR count). The van der Waals surface area contributed by atoms with Crippen molar-refractivity contribution in [1.29, 1.82) is 0 Å². The summed E-state index contributed by atoms with van der Waals surface area (Å²) in [5, 5.41) is 11.9. The van der Waals surface area contributed by atoms with Gasteiger partial charge in [-0.15, -0.1) is 0 Å². The Morgan fingerprint density at radius 2 is 1.56 bits per heavy atom. The lowest BCUT2D eigenvalue weighted by Crippen LogP contribution is -2.34. The molecule has 0 heterocycles. The molecule has 0 spiro atoms. The zero-order valence-electron chi connectivity index (χ0n) is 21.5. The van der Waals surface area contributed by atoms with Crippen LogP contribution in [0.5, 0.6) is 5.75 Å². The summed E-state index contributed by atoms with van der Waals surface area (Å²) >= 11 is 6.38. The van der Waals surface area contributed by atoms with E-state index in [1.54, 1.807) is 38.1 Å². The maximum absolute atomic E-state index is 13.1. The van der Waals surface area contributed by atoms with Crippen LogP contribution in [0.2, 0.25) is 5.02 Å². The van der Waals surface area contributed by atoms with E-state index in [-0.39, 0.29) is 45.5 Å². The van der Waals surface area contributed by atoms with Gasteiger partial charge in [0.2, 0.25) is 5.91 Å². The summed E-state index contributed by atoms with van der Waals surface area (Å²) in [7, 11) is -3.95. The second kappa shape index (κ2) is 11.8. The van der Waals surface area contributed by atoms with Crippen LogP contribution in [0.4, 0.5) is 5.69 Å². The second-order valence-corrected chi connectivity index (χ2v) is 11.8. The molecular weight excluding hydrogens is 534 g/mol. The minimum Gasteiger partial charge on any atom is -0.508 e. The number of phenolic OH excluding ortho intramolecular Hbond substituents is 1. The first kappa shape index (κ1) is 28.1. The fourth-order valence-electron chi connectivity index (χ4n) is 4.31. The minimum atomic E-state index is -3.95. The number of carbonyl (C=O) groups is 2. The normalized spacial score (nSPS) is 12.1. The van der Waals surface area contributed by atoms with Crippen molar-refractivity contribution in [2.75, 3.05) is 5.32 Å². The lowest BCUT2D eigenvalue weighted by atomic mass is 9.99. The van der Waals surface area contributed by atoms with Crippen LogP contribution in [0.3, 0.4) is 0 Å². The lowest BCUT2D eigenvalue weighted by Gasteiger charge is -2.17. The van der Waals surface area contributed by atoms with Gasteiger partial charge in [-0.2, -0.15) is 0 Å². The van der Waals surface area contributed by atoms with E-state index in [1.807, 2.05) is 42.5 Å². The van der Waals surface area contributed by atoms with Gasteiger partial charge in [0.25, 0.3) is 0 Å². The van der Waals surface area contributed by atoms with Gasteiger partial charge in [-0.1, -0.05) is 85.3 Å². The number of benzene rings is 4. The van der Waals surface area contributed by atoms with E-state index in [2.05, 4.69) is 5.32 Å². The molecule has 0 saturated carbocycles. The highest BCUT2D eigenvalue weighted by Gasteiger charge is 2.33. The first-order valence-corrected chi connectivity index (χ1v) is 14.3. The predicted molar refractivity (Wildman–Crippen MR) is 154 cm³/mol. The molecular formula is C31H28ClNO5S. The summed E-state index contributed by atoms with van der Waals surface area (Å²) in [6.07, 6.45) is -0.0643. The van der Waals surface area contributed by atoms with E-state index in [0.29, 0.717) is 5.56 Å². The number of nitrogens with one attached hydrogen (secondary N) is 1. The molecule has 0 fully saturated rings. The van der Waals surface area contributed by atoms with Crippen LogP contribution in [-0.4, -0.2) is 30.5 Å². The third kappa shape index (κ3) is 6.38. The Morgan fingerprint density at radius 3 is 2.21 bits per heavy atom. The van der Waals surface area contributed by atoms with Crippen molar-refractivity contribution < 1.29 is 23.1 Å². The number of carbonyl (C=O) groups excluding carboxylic acids is 2. The van der Waals surface area contributed by atoms with Gasteiger partial charge in [-0.3, -0.25) is 9.59 Å². The molecule has 0 radical (unpaired) electrons. The lowest BCUT2D eigenvalue weighted by molar-refractivity contribution is -0.115. The van der Waals surface area contributed by atoms with E-state index < -0.39 is 21.0 Å². The van der Waals surface area contributed by atoms with Crippen molar-refractivity contribution in [3.8, 4) is 16.9 Å². The average Bonchev–Trinajstić information content (AvgIpc) is 2.92. The van der Waals surface area contributed by atoms with Gasteiger partial charge < -0.3 is 10.4 Å². The smallest absolute Gasteiger partial charge is 0.243 e. The summed E-state index contributed by atoms with van der Waals surface area (Å²) in [6.45, 7) is 3.38. The van der Waals surface area contributed by atoms with Crippen LogP contribution in [0.1, 0.15) is 34.8 Å². The Balaban J connectivity index is 1.49. The van der Waals surface area contributed by atoms with E-state index in [4.69, 9.17) is 11.6 Å². The molecule has 8 heteroatoms. The Morgan fingerprint density at radius 1 is 0.897 bits per heavy atom. The number of anilines is 1. The average molecular weight is 562 g/mol. The van der Waals surface area contributed by atoms with Crippen molar-refractivity contribution >= 4 is 38.8 Å². The van der Waals surface area contributed by atoms with Crippen molar-refractivity contribution in [2.24, 2.45) is 0 Å². The van der Waals surface area contributed by atoms with Gasteiger partial charge in [-0.25, -0.2) is 8.42 Å². The summed E-state index contributed by atoms with van der Waals surface area (Å²) in [6, 6.07) is 26.0. The number of Topliss-reactive ketones (excluding diaryl/α,β-unsaturated/α-hetero) is 1. The van der Waals surface area contributed by atoms with Crippen LogP contribution in [0, 0.1) is 6.92 Å². The standard InChI is InChI=1S/C31H28ClNO5S/c1-3-30(39(37,38)25-11-7-8-20(2)16-25)31(36)33-27-19-29(35)24(17-26(27)32)18-28(34)23-14-12-22(13-15-23)21-9-5-4-6-10-21/h4-17,19,30,35H,3,18H2,1-2H3,(H,33,36). The van der Waals surface area contributed by atoms with Gasteiger partial charge in [-0.05, 0) is 48.2 Å². The molecule has 1 unspecified atom stereocenters. The number of phenols is 1. The van der Waals surface area contributed by atoms with Crippen LogP contribution in [0.15, 0.2) is 95.9 Å². The molecule has 1 amide bonds. The largest absolute Gasteiger partial charge is 0.508 e. The van der Waals surface area contributed by atoms with Gasteiger partial charge in [0.15, 0.2) is 15.6 Å². The molecule has 39 heavy (non-hydrogen) atoms. The quantitative estimate of drug-likeness (QED) is 0.223. The zero-order chi connectivity index (χ0) is 28.2. The number of hydrogen-bond donors (Lipinski definition) is 2. The maximum atomic E-state index is 13.1. The van der Waals surface area contributed by atoms with Gasteiger partial charge in [0.05, 0.1) is 15.6 Å². The van der Waals surface area contributed by atoms with Crippen LogP contribution < -0.4 is 5.32 Å². The molecule has 0 saturated heterocycles. The number of aryl methyl sites for hydroxylation is 1. The Hall–Kier alpha value is -3.94. The van der Waals surface area contributed by atoms with E-state index in [0.717, 1.165) is 16.7 Å². The maximum Gasteiger partial charge on any atom is 0.243 e. The molecule has 0 aliphatic carbocycles. The molecule has 1 atom stereocenters. The highest BCUT2D eigenvalue weighted by molar-refractivity contribution is 7.92. The minimum absolute atomic E-state index is 0.0430. The molecule has 6 nitrogen and oxygen atoms in total. The number of halogens is 1. The number of ketones is 1. The van der Waals surface area contributed by atoms with Crippen molar-refractivity contribution in [2.45, 2.75) is 36.8 Å². The number of hydrogen-bond acceptors (Lipinski definition) is 5. The van der Waals surface area contributed by atoms with Crippen LogP contribution in [-0.2, 0) is 21.1 Å². The van der Waals surface area contributed by atoms with E-state index in [1.165, 1.54) is 24.3 Å². The summed E-state index contributed by atoms with van der Waals surface area (Å²) in [5.74, 6) is -1.21. The number of rotatable bonds is 9. The molecule has 0 aliphatic heterocycles. The van der Waals surface area contributed by atoms with Crippen molar-refractivity contribution in [3.63, 3.8) is 0 Å². The monoisotopic (exact) mass is 561 g/mol. The van der Waals surface area contributed by atoms with Crippen molar-refractivity contribution in [3.05, 3.63) is 113 Å². The molecule has 0 aliphatic rings. The van der Waals surface area contributed by atoms with E-state index >= 15 is 0 Å². The predicted octanol–water partition coefficient (Wildman–Crippen LogP) is 6.64. The van der Waals surface area contributed by atoms with Gasteiger partial charge in [0.1, 0.15) is 11.0 Å². The first-order chi connectivity index (χ1) is 18.6. The number of aromatic hydroxyl groups is 1. The van der Waals surface area contributed by atoms with Crippen LogP contribution in [0.25, 0.3) is 11.1 Å². The van der Waals surface area contributed by atoms with Gasteiger partial charge in [0, 0.05) is 23.6 Å².